The second kappa shape index (κ2) is 43.8. The SMILES string of the molecule is CCCCCCCCCCCCCC/C=C\CCCCCCCCCCCCCCC(=O)NC(COC1OC(CO)C(O)C(OS(=O)(=O)O)C1O)C(O)CCCCCCCCCCCCC. The minimum absolute atomic E-state index is 0.228. The Hall–Kier alpha value is -1.16. The van der Waals surface area contributed by atoms with Crippen LogP contribution in [0, 0.1) is 0 Å². The molecule has 0 saturated carbocycles. The zero-order valence-corrected chi connectivity index (χ0v) is 43.1. The Morgan fingerprint density at radius 1 is 0.591 bits per heavy atom. The van der Waals surface area contributed by atoms with Crippen molar-refractivity contribution in [2.45, 2.75) is 307 Å². The van der Waals surface area contributed by atoms with E-state index in [-0.39, 0.29) is 12.5 Å². The standard InChI is InChI=1S/C53H103NO11S/c1-3-5-7-9-11-13-15-16-17-18-19-20-21-22-23-24-25-26-27-28-29-30-31-33-35-37-39-41-43-49(57)54-46(47(56)42-40-38-36-34-32-14-12-10-8-6-4-2)45-63-53-51(59)52(65-66(60,61)62)50(58)48(44-55)64-53/h22-23,46-48,50-53,55-56,58-59H,3-21,24-45H2,1-2H3,(H,54,57)(H,60,61,62)/b23-22-. The van der Waals surface area contributed by atoms with Gasteiger partial charge in [0.1, 0.15) is 24.4 Å². The van der Waals surface area contributed by atoms with Crippen molar-refractivity contribution in [1.29, 1.82) is 0 Å². The van der Waals surface area contributed by atoms with Crippen LogP contribution in [0.5, 0.6) is 0 Å². The number of unbranched alkanes of at least 4 members (excludes halogenated alkanes) is 34. The normalized spacial score (nSPS) is 20.0. The highest BCUT2D eigenvalue weighted by molar-refractivity contribution is 7.80. The Balaban J connectivity index is 2.27. The summed E-state index contributed by atoms with van der Waals surface area (Å²) in [4.78, 5) is 13.1. The molecule has 392 valence electrons. The third-order valence-corrected chi connectivity index (χ3v) is 13.8. The van der Waals surface area contributed by atoms with Gasteiger partial charge in [0.15, 0.2) is 6.29 Å². The molecule has 1 amide bonds. The van der Waals surface area contributed by atoms with Gasteiger partial charge in [-0.3, -0.25) is 9.35 Å². The number of rotatable bonds is 48. The molecule has 12 nitrogen and oxygen atoms in total. The Morgan fingerprint density at radius 3 is 1.36 bits per heavy atom. The van der Waals surface area contributed by atoms with Crippen LogP contribution < -0.4 is 5.32 Å². The Labute approximate surface area is 404 Å². The van der Waals surface area contributed by atoms with Crippen LogP contribution in [0.2, 0.25) is 0 Å². The Kier molecular flexibility index (Phi) is 41.7. The van der Waals surface area contributed by atoms with Crippen LogP contribution in [0.1, 0.15) is 264 Å². The second-order valence-electron chi connectivity index (χ2n) is 19.5. The van der Waals surface area contributed by atoms with Crippen molar-refractivity contribution in [2.75, 3.05) is 13.2 Å². The number of nitrogens with one attached hydrogen (secondary N) is 1. The van der Waals surface area contributed by atoms with E-state index in [4.69, 9.17) is 9.47 Å². The number of carbonyl (C=O) groups excluding carboxylic acids is 1. The predicted molar refractivity (Wildman–Crippen MR) is 269 cm³/mol. The fraction of sp³-hybridized carbons (Fsp3) is 0.943. The maximum absolute atomic E-state index is 13.1. The lowest BCUT2D eigenvalue weighted by molar-refractivity contribution is -0.298. The van der Waals surface area contributed by atoms with E-state index in [1.165, 1.54) is 186 Å². The first kappa shape index (κ1) is 62.9. The quantitative estimate of drug-likeness (QED) is 0.0193. The lowest BCUT2D eigenvalue weighted by atomic mass is 9.99. The number of ether oxygens (including phenoxy) is 2. The van der Waals surface area contributed by atoms with Gasteiger partial charge in [0.25, 0.3) is 0 Å². The number of allylic oxidation sites excluding steroid dienone is 2. The number of amides is 1. The lowest BCUT2D eigenvalue weighted by Gasteiger charge is -2.41. The summed E-state index contributed by atoms with van der Waals surface area (Å²) < 4.78 is 47.7. The first-order valence-electron chi connectivity index (χ1n) is 27.6. The van der Waals surface area contributed by atoms with Crippen molar-refractivity contribution in [1.82, 2.24) is 5.32 Å². The highest BCUT2D eigenvalue weighted by Gasteiger charge is 2.48. The Bertz CT molecular complexity index is 1220. The number of aliphatic hydroxyl groups excluding tert-OH is 4. The smallest absolute Gasteiger partial charge is 0.394 e. The molecular weight excluding hydrogens is 859 g/mol. The zero-order chi connectivity index (χ0) is 48.4. The van der Waals surface area contributed by atoms with Crippen LogP contribution in [0.25, 0.3) is 0 Å². The van der Waals surface area contributed by atoms with E-state index in [0.717, 1.165) is 51.4 Å². The minimum Gasteiger partial charge on any atom is -0.394 e. The van der Waals surface area contributed by atoms with E-state index in [1.807, 2.05) is 0 Å². The first-order chi connectivity index (χ1) is 32.0. The molecule has 0 bridgehead atoms. The van der Waals surface area contributed by atoms with E-state index in [0.29, 0.717) is 12.8 Å². The van der Waals surface area contributed by atoms with Gasteiger partial charge in [-0.15, -0.1) is 0 Å². The largest absolute Gasteiger partial charge is 0.397 e. The lowest BCUT2D eigenvalue weighted by Crippen LogP contribution is -2.61. The van der Waals surface area contributed by atoms with Gasteiger partial charge in [0, 0.05) is 6.42 Å². The number of hydrogen-bond donors (Lipinski definition) is 6. The van der Waals surface area contributed by atoms with E-state index < -0.39 is 59.9 Å². The van der Waals surface area contributed by atoms with E-state index in [1.54, 1.807) is 0 Å². The highest BCUT2D eigenvalue weighted by Crippen LogP contribution is 2.26. The molecule has 0 radical (unpaired) electrons. The van der Waals surface area contributed by atoms with E-state index >= 15 is 0 Å². The van der Waals surface area contributed by atoms with Gasteiger partial charge in [0.2, 0.25) is 5.91 Å². The number of hydrogen-bond acceptors (Lipinski definition) is 10. The summed E-state index contributed by atoms with van der Waals surface area (Å²) in [7, 11) is -5.07. The molecule has 0 aromatic carbocycles. The van der Waals surface area contributed by atoms with Crippen LogP contribution in [0.4, 0.5) is 0 Å². The number of aliphatic hydroxyl groups is 4. The van der Waals surface area contributed by atoms with Crippen LogP contribution >= 0.6 is 0 Å². The molecule has 1 aliphatic heterocycles. The monoisotopic (exact) mass is 962 g/mol. The molecule has 7 atom stereocenters. The molecule has 0 spiro atoms. The summed E-state index contributed by atoms with van der Waals surface area (Å²) in [6.45, 7) is 3.46. The summed E-state index contributed by atoms with van der Waals surface area (Å²) in [5.74, 6) is -0.228. The molecule has 13 heteroatoms. The molecule has 1 rings (SSSR count). The molecule has 1 saturated heterocycles. The third kappa shape index (κ3) is 35.9. The summed E-state index contributed by atoms with van der Waals surface area (Å²) in [5, 5.41) is 44.9. The molecule has 0 aromatic heterocycles. The fourth-order valence-electron chi connectivity index (χ4n) is 9.04. The van der Waals surface area contributed by atoms with Crippen molar-refractivity contribution >= 4 is 16.3 Å². The molecule has 7 unspecified atom stereocenters. The molecule has 0 aliphatic carbocycles. The molecule has 0 aromatic rings. The summed E-state index contributed by atoms with van der Waals surface area (Å²) in [6, 6.07) is -0.854. The molecule has 6 N–H and O–H groups in total. The van der Waals surface area contributed by atoms with Gasteiger partial charge in [-0.25, -0.2) is 4.18 Å². The first-order valence-corrected chi connectivity index (χ1v) is 28.9. The van der Waals surface area contributed by atoms with Crippen molar-refractivity contribution in [3.8, 4) is 0 Å². The molecule has 1 heterocycles. The maximum atomic E-state index is 13.1. The fourth-order valence-corrected chi connectivity index (χ4v) is 9.55. The zero-order valence-electron chi connectivity index (χ0n) is 42.3. The molecular formula is C53H103NO11S. The topological polar surface area (TPSA) is 192 Å². The minimum atomic E-state index is -5.07. The second-order valence-corrected chi connectivity index (χ2v) is 20.6. The average molecular weight is 962 g/mol. The van der Waals surface area contributed by atoms with Crippen LogP contribution in [0.15, 0.2) is 12.2 Å². The summed E-state index contributed by atoms with van der Waals surface area (Å²) in [5.41, 5.74) is 0. The van der Waals surface area contributed by atoms with Crippen LogP contribution in [-0.4, -0.2) is 95.4 Å². The van der Waals surface area contributed by atoms with E-state index in [2.05, 4.69) is 35.5 Å². The summed E-state index contributed by atoms with van der Waals surface area (Å²) in [6.07, 6.45) is 42.4. The van der Waals surface area contributed by atoms with Crippen LogP contribution in [-0.2, 0) is 28.9 Å². The van der Waals surface area contributed by atoms with Gasteiger partial charge < -0.3 is 35.2 Å². The highest BCUT2D eigenvalue weighted by atomic mass is 32.3. The van der Waals surface area contributed by atoms with Crippen molar-refractivity contribution in [3.63, 3.8) is 0 Å². The van der Waals surface area contributed by atoms with E-state index in [9.17, 15) is 38.2 Å². The maximum Gasteiger partial charge on any atom is 0.397 e. The van der Waals surface area contributed by atoms with Gasteiger partial charge in [0.05, 0.1) is 25.4 Å². The van der Waals surface area contributed by atoms with Crippen molar-refractivity contribution in [2.24, 2.45) is 0 Å². The number of carbonyl (C=O) groups is 1. The predicted octanol–water partition coefficient (Wildman–Crippen LogP) is 12.3. The molecule has 66 heavy (non-hydrogen) atoms. The van der Waals surface area contributed by atoms with Crippen LogP contribution in [0.3, 0.4) is 0 Å². The van der Waals surface area contributed by atoms with Crippen molar-refractivity contribution < 1.29 is 51.8 Å². The Morgan fingerprint density at radius 2 is 0.970 bits per heavy atom. The van der Waals surface area contributed by atoms with Gasteiger partial charge in [-0.05, 0) is 38.5 Å². The molecule has 1 fully saturated rings. The average Bonchev–Trinajstić information content (AvgIpc) is 3.29. The van der Waals surface area contributed by atoms with Crippen molar-refractivity contribution in [3.05, 3.63) is 12.2 Å². The van der Waals surface area contributed by atoms with Gasteiger partial charge in [-0.1, -0.05) is 231 Å². The summed E-state index contributed by atoms with van der Waals surface area (Å²) >= 11 is 0. The third-order valence-electron chi connectivity index (χ3n) is 13.3. The van der Waals surface area contributed by atoms with Gasteiger partial charge in [-0.2, -0.15) is 8.42 Å². The molecule has 1 aliphatic rings. The van der Waals surface area contributed by atoms with Gasteiger partial charge >= 0.3 is 10.4 Å².